The molecule has 0 amide bonds. The Kier molecular flexibility index (Phi) is 1.88. The summed E-state index contributed by atoms with van der Waals surface area (Å²) in [7, 11) is 0. The first-order chi connectivity index (χ1) is 7.68. The molecule has 1 nitrogen and oxygen atoms in total. The molecule has 0 heterocycles. The maximum Gasteiger partial charge on any atom is 0.194 e. The molecule has 0 bridgehead atoms. The fourth-order valence-electron chi connectivity index (χ4n) is 2.07. The Hall–Kier alpha value is -1.67. The Morgan fingerprint density at radius 3 is 2.44 bits per heavy atom. The molecule has 16 heavy (non-hydrogen) atoms. The third-order valence-corrected chi connectivity index (χ3v) is 3.04. The molecule has 0 N–H and O–H groups in total. The molecule has 0 fully saturated rings. The van der Waals surface area contributed by atoms with Gasteiger partial charge in [-0.1, -0.05) is 35.9 Å². The van der Waals surface area contributed by atoms with E-state index in [4.69, 9.17) is 11.6 Å². The highest BCUT2D eigenvalue weighted by molar-refractivity contribution is 6.36. The summed E-state index contributed by atoms with van der Waals surface area (Å²) in [5, 5.41) is 0.285. The van der Waals surface area contributed by atoms with Gasteiger partial charge in [0.25, 0.3) is 0 Å². The normalized spacial score (nSPS) is 12.5. The molecular weight excluding hydrogens is 227 g/mol. The predicted molar refractivity (Wildman–Crippen MR) is 60.3 cm³/mol. The van der Waals surface area contributed by atoms with Gasteiger partial charge in [-0.2, -0.15) is 0 Å². The molecule has 0 aliphatic heterocycles. The van der Waals surface area contributed by atoms with Crippen LogP contribution >= 0.6 is 11.6 Å². The number of benzene rings is 2. The first-order valence-electron chi connectivity index (χ1n) is 4.81. The Bertz CT molecular complexity index is 619. The second-order valence-corrected chi connectivity index (χ2v) is 4.09. The van der Waals surface area contributed by atoms with E-state index in [0.29, 0.717) is 16.7 Å². The molecule has 0 atom stereocenters. The minimum Gasteiger partial charge on any atom is -0.289 e. The zero-order valence-electron chi connectivity index (χ0n) is 8.13. The maximum atomic E-state index is 13.2. The molecule has 2 aromatic carbocycles. The molecule has 0 unspecified atom stereocenters. The highest BCUT2D eigenvalue weighted by atomic mass is 35.5. The summed E-state index contributed by atoms with van der Waals surface area (Å²) in [6.45, 7) is 0. The van der Waals surface area contributed by atoms with Gasteiger partial charge in [-0.25, -0.2) is 4.39 Å². The maximum absolute atomic E-state index is 13.2. The van der Waals surface area contributed by atoms with Gasteiger partial charge in [0, 0.05) is 16.7 Å². The molecule has 1 aliphatic carbocycles. The van der Waals surface area contributed by atoms with Gasteiger partial charge in [0.1, 0.15) is 5.82 Å². The minimum absolute atomic E-state index is 0.160. The van der Waals surface area contributed by atoms with Crippen LogP contribution in [-0.4, -0.2) is 5.78 Å². The third kappa shape index (κ3) is 1.14. The Balaban J connectivity index is 2.43. The summed E-state index contributed by atoms with van der Waals surface area (Å²) < 4.78 is 13.2. The standard InChI is InChI=1S/C13H6ClFO/c14-11-6-7(15)5-10-12(11)8-3-1-2-4-9(8)13(10)16/h1-6H. The van der Waals surface area contributed by atoms with Gasteiger partial charge in [-0.05, 0) is 17.7 Å². The van der Waals surface area contributed by atoms with Crippen LogP contribution in [0.15, 0.2) is 36.4 Å². The molecule has 1 aliphatic rings. The lowest BCUT2D eigenvalue weighted by molar-refractivity contribution is 0.104. The van der Waals surface area contributed by atoms with Crippen LogP contribution in [0.1, 0.15) is 15.9 Å². The van der Waals surface area contributed by atoms with E-state index in [-0.39, 0.29) is 10.8 Å². The summed E-state index contributed by atoms with van der Waals surface area (Å²) in [6.07, 6.45) is 0. The average Bonchev–Trinajstić information content (AvgIpc) is 2.54. The Labute approximate surface area is 96.5 Å². The predicted octanol–water partition coefficient (Wildman–Crippen LogP) is 3.69. The molecule has 0 saturated carbocycles. The monoisotopic (exact) mass is 232 g/mol. The van der Waals surface area contributed by atoms with Crippen molar-refractivity contribution in [3.8, 4) is 11.1 Å². The van der Waals surface area contributed by atoms with Crippen LogP contribution < -0.4 is 0 Å². The lowest BCUT2D eigenvalue weighted by Crippen LogP contribution is -1.95. The molecular formula is C13H6ClFO. The molecule has 3 rings (SSSR count). The summed E-state index contributed by atoms with van der Waals surface area (Å²) >= 11 is 5.98. The summed E-state index contributed by atoms with van der Waals surface area (Å²) in [4.78, 5) is 12.0. The van der Waals surface area contributed by atoms with E-state index >= 15 is 0 Å². The number of carbonyl (C=O) groups excluding carboxylic acids is 1. The van der Waals surface area contributed by atoms with E-state index in [0.717, 1.165) is 5.56 Å². The molecule has 0 saturated heterocycles. The quantitative estimate of drug-likeness (QED) is 0.578. The first-order valence-corrected chi connectivity index (χ1v) is 5.19. The van der Waals surface area contributed by atoms with Crippen LogP contribution in [0.2, 0.25) is 5.02 Å². The number of carbonyl (C=O) groups is 1. The molecule has 3 heteroatoms. The van der Waals surface area contributed by atoms with E-state index < -0.39 is 5.82 Å². The summed E-state index contributed by atoms with van der Waals surface area (Å²) in [5.74, 6) is -0.642. The van der Waals surface area contributed by atoms with Crippen LogP contribution in [0, 0.1) is 5.82 Å². The third-order valence-electron chi connectivity index (χ3n) is 2.74. The Morgan fingerprint density at radius 1 is 1.00 bits per heavy atom. The molecule has 0 spiro atoms. The van der Waals surface area contributed by atoms with Gasteiger partial charge < -0.3 is 0 Å². The largest absolute Gasteiger partial charge is 0.289 e. The van der Waals surface area contributed by atoms with E-state index in [2.05, 4.69) is 0 Å². The van der Waals surface area contributed by atoms with Crippen molar-refractivity contribution in [3.05, 3.63) is 58.4 Å². The number of rotatable bonds is 0. The van der Waals surface area contributed by atoms with Crippen molar-refractivity contribution in [2.45, 2.75) is 0 Å². The number of hydrogen-bond acceptors (Lipinski definition) is 1. The van der Waals surface area contributed by atoms with Crippen LogP contribution in [0.3, 0.4) is 0 Å². The van der Waals surface area contributed by atoms with E-state index in [1.165, 1.54) is 12.1 Å². The minimum atomic E-state index is -0.482. The van der Waals surface area contributed by atoms with Crippen LogP contribution in [0.4, 0.5) is 4.39 Å². The highest BCUT2D eigenvalue weighted by Crippen LogP contribution is 2.41. The lowest BCUT2D eigenvalue weighted by atomic mass is 10.1. The SMILES string of the molecule is O=C1c2ccccc2-c2c(Cl)cc(F)cc21. The van der Waals surface area contributed by atoms with Gasteiger partial charge in [0.2, 0.25) is 0 Å². The molecule has 2 aromatic rings. The van der Waals surface area contributed by atoms with Crippen molar-refractivity contribution in [3.63, 3.8) is 0 Å². The summed E-state index contributed by atoms with van der Waals surface area (Å²) in [5.41, 5.74) is 2.37. The van der Waals surface area contributed by atoms with Crippen molar-refractivity contribution in [1.29, 1.82) is 0 Å². The van der Waals surface area contributed by atoms with E-state index in [1.54, 1.807) is 12.1 Å². The smallest absolute Gasteiger partial charge is 0.194 e. The second kappa shape index (κ2) is 3.16. The fraction of sp³-hybridized carbons (Fsp3) is 0. The lowest BCUT2D eigenvalue weighted by Gasteiger charge is -2.02. The Morgan fingerprint density at radius 2 is 1.69 bits per heavy atom. The fourth-order valence-corrected chi connectivity index (χ4v) is 2.38. The number of hydrogen-bond donors (Lipinski definition) is 0. The topological polar surface area (TPSA) is 17.1 Å². The second-order valence-electron chi connectivity index (χ2n) is 3.68. The van der Waals surface area contributed by atoms with Crippen LogP contribution in [-0.2, 0) is 0 Å². The number of fused-ring (bicyclic) bond motifs is 3. The summed E-state index contributed by atoms with van der Waals surface area (Å²) in [6, 6.07) is 9.64. The van der Waals surface area contributed by atoms with Gasteiger partial charge in [0.05, 0.1) is 5.02 Å². The zero-order chi connectivity index (χ0) is 11.3. The molecule has 0 aromatic heterocycles. The van der Waals surface area contributed by atoms with Gasteiger partial charge >= 0.3 is 0 Å². The van der Waals surface area contributed by atoms with E-state index in [9.17, 15) is 9.18 Å². The molecule has 0 radical (unpaired) electrons. The van der Waals surface area contributed by atoms with Crippen LogP contribution in [0.25, 0.3) is 11.1 Å². The number of ketones is 1. The number of halogens is 2. The van der Waals surface area contributed by atoms with Crippen molar-refractivity contribution < 1.29 is 9.18 Å². The van der Waals surface area contributed by atoms with Crippen molar-refractivity contribution in [2.24, 2.45) is 0 Å². The van der Waals surface area contributed by atoms with Gasteiger partial charge in [0.15, 0.2) is 5.78 Å². The van der Waals surface area contributed by atoms with Crippen molar-refractivity contribution in [2.75, 3.05) is 0 Å². The van der Waals surface area contributed by atoms with Crippen LogP contribution in [0.5, 0.6) is 0 Å². The zero-order valence-corrected chi connectivity index (χ0v) is 8.88. The first kappa shape index (κ1) is 9.55. The highest BCUT2D eigenvalue weighted by Gasteiger charge is 2.28. The van der Waals surface area contributed by atoms with Gasteiger partial charge in [-0.15, -0.1) is 0 Å². The molecule has 78 valence electrons. The van der Waals surface area contributed by atoms with Gasteiger partial charge in [-0.3, -0.25) is 4.79 Å². The average molecular weight is 233 g/mol. The van der Waals surface area contributed by atoms with E-state index in [1.807, 2.05) is 12.1 Å². The van der Waals surface area contributed by atoms with Crippen molar-refractivity contribution in [1.82, 2.24) is 0 Å². The van der Waals surface area contributed by atoms with Crippen molar-refractivity contribution >= 4 is 17.4 Å².